The number of nitrogens with zero attached hydrogens (tertiary/aromatic N) is 3. The van der Waals surface area contributed by atoms with Crippen LogP contribution in [-0.2, 0) is 16.0 Å². The van der Waals surface area contributed by atoms with Gasteiger partial charge in [-0.15, -0.1) is 0 Å². The van der Waals surface area contributed by atoms with E-state index >= 15 is 0 Å². The summed E-state index contributed by atoms with van der Waals surface area (Å²) in [6.07, 6.45) is 4.74. The van der Waals surface area contributed by atoms with Crippen LogP contribution in [-0.4, -0.2) is 60.4 Å². The van der Waals surface area contributed by atoms with Gasteiger partial charge in [0.2, 0.25) is 11.8 Å². The Bertz CT molecular complexity index is 724. The van der Waals surface area contributed by atoms with Gasteiger partial charge in [-0.3, -0.25) is 9.59 Å². The zero-order valence-corrected chi connectivity index (χ0v) is 17.3. The lowest BCUT2D eigenvalue weighted by Gasteiger charge is -2.39. The highest BCUT2D eigenvalue weighted by molar-refractivity contribution is 5.89. The van der Waals surface area contributed by atoms with E-state index in [0.29, 0.717) is 12.3 Å². The third-order valence-electron chi connectivity index (χ3n) is 6.72. The van der Waals surface area contributed by atoms with Gasteiger partial charge in [0.15, 0.2) is 0 Å². The lowest BCUT2D eigenvalue weighted by molar-refractivity contribution is -0.146. The quantitative estimate of drug-likeness (QED) is 0.785. The average molecular weight is 384 g/mol. The number of para-hydroxylation sites is 1. The van der Waals surface area contributed by atoms with Crippen LogP contribution in [0.2, 0.25) is 0 Å². The van der Waals surface area contributed by atoms with Crippen molar-refractivity contribution >= 4 is 17.5 Å². The normalized spacial score (nSPS) is 21.5. The summed E-state index contributed by atoms with van der Waals surface area (Å²) in [4.78, 5) is 31.8. The minimum Gasteiger partial charge on any atom is -0.371 e. The second-order valence-electron chi connectivity index (χ2n) is 8.97. The van der Waals surface area contributed by atoms with Crippen LogP contribution in [0.3, 0.4) is 0 Å². The molecule has 5 heteroatoms. The van der Waals surface area contributed by atoms with Crippen LogP contribution >= 0.6 is 0 Å². The Morgan fingerprint density at radius 1 is 1.07 bits per heavy atom. The lowest BCUT2D eigenvalue weighted by atomic mass is 9.94. The second kappa shape index (κ2) is 8.14. The van der Waals surface area contributed by atoms with Crippen molar-refractivity contribution in [2.45, 2.75) is 52.0 Å². The van der Waals surface area contributed by atoms with Crippen LogP contribution in [0.1, 0.15) is 45.1 Å². The molecule has 28 heavy (non-hydrogen) atoms. The number of benzene rings is 1. The summed E-state index contributed by atoms with van der Waals surface area (Å²) in [6, 6.07) is 8.45. The molecule has 2 fully saturated rings. The van der Waals surface area contributed by atoms with E-state index in [1.54, 1.807) is 0 Å². The summed E-state index contributed by atoms with van der Waals surface area (Å²) >= 11 is 0. The van der Waals surface area contributed by atoms with Gasteiger partial charge in [-0.25, -0.2) is 0 Å². The Hall–Kier alpha value is -2.04. The zero-order chi connectivity index (χ0) is 19.7. The number of piperidine rings is 1. The minimum atomic E-state index is -0.281. The number of carbonyl (C=O) groups is 2. The van der Waals surface area contributed by atoms with Gasteiger partial charge in [0.1, 0.15) is 6.04 Å². The fraction of sp³-hybridized carbons (Fsp3) is 0.652. The maximum Gasteiger partial charge on any atom is 0.245 e. The molecule has 0 aliphatic carbocycles. The van der Waals surface area contributed by atoms with Crippen LogP contribution < -0.4 is 4.90 Å². The van der Waals surface area contributed by atoms with Gasteiger partial charge < -0.3 is 14.7 Å². The van der Waals surface area contributed by atoms with Gasteiger partial charge in [-0.05, 0) is 49.1 Å². The molecule has 1 aromatic rings. The van der Waals surface area contributed by atoms with Crippen molar-refractivity contribution in [1.82, 2.24) is 9.80 Å². The Labute approximate surface area is 168 Å². The molecule has 3 heterocycles. The number of fused-ring (bicyclic) bond motifs is 1. The Morgan fingerprint density at radius 3 is 2.50 bits per heavy atom. The number of carbonyl (C=O) groups excluding carboxylic acids is 2. The standard InChI is InChI=1S/C23H33N3O2/c1-17(2)22(26-12-5-8-21(26)27)23(28)24-13-9-18(10-14-24)16-25-15-11-19-6-3-4-7-20(19)25/h3-4,6-7,17-18,22H,5,8-16H2,1-2H3/t22-/m0/s1. The number of amides is 2. The molecule has 0 spiro atoms. The molecular weight excluding hydrogens is 350 g/mol. The van der Waals surface area contributed by atoms with Crippen LogP contribution in [0.15, 0.2) is 24.3 Å². The summed E-state index contributed by atoms with van der Waals surface area (Å²) in [6.45, 7) is 8.71. The number of likely N-dealkylation sites (tertiary alicyclic amines) is 2. The van der Waals surface area contributed by atoms with E-state index in [1.165, 1.54) is 11.3 Å². The van der Waals surface area contributed by atoms with Crippen LogP contribution in [0.25, 0.3) is 0 Å². The fourth-order valence-corrected chi connectivity index (χ4v) is 5.17. The van der Waals surface area contributed by atoms with Gasteiger partial charge in [0.25, 0.3) is 0 Å². The Morgan fingerprint density at radius 2 is 1.82 bits per heavy atom. The number of rotatable bonds is 5. The highest BCUT2D eigenvalue weighted by atomic mass is 16.2. The van der Waals surface area contributed by atoms with Gasteiger partial charge >= 0.3 is 0 Å². The van der Waals surface area contributed by atoms with E-state index < -0.39 is 0 Å². The SMILES string of the molecule is CC(C)[C@@H](C(=O)N1CCC(CN2CCc3ccccc32)CC1)N1CCCC1=O. The number of hydrogen-bond acceptors (Lipinski definition) is 3. The largest absolute Gasteiger partial charge is 0.371 e. The summed E-state index contributed by atoms with van der Waals surface area (Å²) < 4.78 is 0. The summed E-state index contributed by atoms with van der Waals surface area (Å²) in [5, 5.41) is 0. The first-order valence-corrected chi connectivity index (χ1v) is 11.0. The molecule has 2 saturated heterocycles. The maximum atomic E-state index is 13.2. The van der Waals surface area contributed by atoms with E-state index in [1.807, 2.05) is 9.80 Å². The van der Waals surface area contributed by atoms with Crippen molar-refractivity contribution < 1.29 is 9.59 Å². The van der Waals surface area contributed by atoms with Crippen molar-refractivity contribution in [2.24, 2.45) is 11.8 Å². The molecular formula is C23H33N3O2. The van der Waals surface area contributed by atoms with Crippen molar-refractivity contribution in [1.29, 1.82) is 0 Å². The van der Waals surface area contributed by atoms with E-state index in [-0.39, 0.29) is 23.8 Å². The monoisotopic (exact) mass is 383 g/mol. The number of hydrogen-bond donors (Lipinski definition) is 0. The molecule has 0 saturated carbocycles. The van der Waals surface area contributed by atoms with E-state index in [9.17, 15) is 9.59 Å². The molecule has 5 nitrogen and oxygen atoms in total. The highest BCUT2D eigenvalue weighted by Crippen LogP contribution is 2.30. The topological polar surface area (TPSA) is 43.9 Å². The summed E-state index contributed by atoms with van der Waals surface area (Å²) in [5.74, 6) is 1.11. The lowest BCUT2D eigenvalue weighted by Crippen LogP contribution is -2.53. The molecule has 0 aromatic heterocycles. The predicted molar refractivity (Wildman–Crippen MR) is 111 cm³/mol. The third-order valence-corrected chi connectivity index (χ3v) is 6.72. The predicted octanol–water partition coefficient (Wildman–Crippen LogP) is 2.93. The van der Waals surface area contributed by atoms with E-state index in [2.05, 4.69) is 43.0 Å². The third kappa shape index (κ3) is 3.76. The molecule has 1 aromatic carbocycles. The molecule has 0 N–H and O–H groups in total. The zero-order valence-electron chi connectivity index (χ0n) is 17.3. The van der Waals surface area contributed by atoms with E-state index in [4.69, 9.17) is 0 Å². The van der Waals surface area contributed by atoms with Gasteiger partial charge in [0, 0.05) is 44.8 Å². The second-order valence-corrected chi connectivity index (χ2v) is 8.97. The first-order valence-electron chi connectivity index (χ1n) is 11.0. The summed E-state index contributed by atoms with van der Waals surface area (Å²) in [7, 11) is 0. The average Bonchev–Trinajstić information content (AvgIpc) is 3.29. The molecule has 2 amide bonds. The van der Waals surface area contributed by atoms with Crippen molar-refractivity contribution in [3.8, 4) is 0 Å². The van der Waals surface area contributed by atoms with Gasteiger partial charge in [-0.1, -0.05) is 32.0 Å². The Kier molecular flexibility index (Phi) is 5.61. The molecule has 3 aliphatic rings. The molecule has 152 valence electrons. The maximum absolute atomic E-state index is 13.2. The van der Waals surface area contributed by atoms with Crippen molar-refractivity contribution in [3.63, 3.8) is 0 Å². The molecule has 0 radical (unpaired) electrons. The molecule has 3 aliphatic heterocycles. The molecule has 0 bridgehead atoms. The fourth-order valence-electron chi connectivity index (χ4n) is 5.17. The van der Waals surface area contributed by atoms with Crippen molar-refractivity contribution in [3.05, 3.63) is 29.8 Å². The molecule has 0 unspecified atom stereocenters. The van der Waals surface area contributed by atoms with Crippen LogP contribution in [0, 0.1) is 11.8 Å². The number of anilines is 1. The molecule has 4 rings (SSSR count). The minimum absolute atomic E-state index is 0.148. The van der Waals surface area contributed by atoms with E-state index in [0.717, 1.165) is 58.4 Å². The highest BCUT2D eigenvalue weighted by Gasteiger charge is 2.38. The van der Waals surface area contributed by atoms with Crippen LogP contribution in [0.4, 0.5) is 5.69 Å². The smallest absolute Gasteiger partial charge is 0.245 e. The first kappa shape index (κ1) is 19.3. The first-order chi connectivity index (χ1) is 13.5. The Balaban J connectivity index is 1.33. The van der Waals surface area contributed by atoms with Gasteiger partial charge in [0.05, 0.1) is 0 Å². The summed E-state index contributed by atoms with van der Waals surface area (Å²) in [5.41, 5.74) is 2.86. The van der Waals surface area contributed by atoms with Gasteiger partial charge in [-0.2, -0.15) is 0 Å². The van der Waals surface area contributed by atoms with Crippen molar-refractivity contribution in [2.75, 3.05) is 37.6 Å². The molecule has 1 atom stereocenters. The van der Waals surface area contributed by atoms with Crippen LogP contribution in [0.5, 0.6) is 0 Å².